The second-order valence-electron chi connectivity index (χ2n) is 5.96. The highest BCUT2D eigenvalue weighted by Gasteiger charge is 2.28. The normalized spacial score (nSPS) is 15.1. The van der Waals surface area contributed by atoms with E-state index in [2.05, 4.69) is 25.3 Å². The molecule has 0 atom stereocenters. The molecule has 10 heteroatoms. The number of quaternary nitrogens is 1. The summed E-state index contributed by atoms with van der Waals surface area (Å²) >= 11 is 5.87. The van der Waals surface area contributed by atoms with Gasteiger partial charge in [0.05, 0.1) is 24.9 Å². The maximum atomic E-state index is 12.5. The molecule has 142 valence electrons. The van der Waals surface area contributed by atoms with E-state index >= 15 is 0 Å². The standard InChI is InChI=1S/C17H20ClN7O2/c1-27-22-10-14-15(19)20-11-21-16(14)24-6-8-25(9-7-24)17(26)23-13-4-2-12(18)3-5-13/h2-5,10-11H,6-9H2,1H3,(H,23,26)(H2,19,20,21)/p+1. The fourth-order valence-electron chi connectivity index (χ4n) is 2.85. The number of benzene rings is 1. The zero-order valence-electron chi connectivity index (χ0n) is 14.9. The molecule has 1 aliphatic rings. The van der Waals surface area contributed by atoms with Gasteiger partial charge in [-0.1, -0.05) is 16.8 Å². The van der Waals surface area contributed by atoms with Gasteiger partial charge < -0.3 is 15.5 Å². The fourth-order valence-corrected chi connectivity index (χ4v) is 2.97. The molecule has 0 radical (unpaired) electrons. The first-order valence-corrected chi connectivity index (χ1v) is 8.80. The van der Waals surface area contributed by atoms with Gasteiger partial charge in [-0.05, 0) is 24.3 Å². The van der Waals surface area contributed by atoms with Crippen LogP contribution in [0, 0.1) is 0 Å². The molecular formula is C17H21ClN7O2+. The van der Waals surface area contributed by atoms with Gasteiger partial charge in [0, 0.05) is 10.7 Å². The molecule has 4 N–H and O–H groups in total. The molecule has 3 rings (SSSR count). The van der Waals surface area contributed by atoms with Gasteiger partial charge >= 0.3 is 6.03 Å². The molecule has 0 unspecified atom stereocenters. The highest BCUT2D eigenvalue weighted by atomic mass is 35.5. The maximum absolute atomic E-state index is 12.5. The SMILES string of the molecule is CON=Cc1c(N)ncnc1N1CC[NH+](C(=O)Nc2ccc(Cl)cc2)CC1. The minimum atomic E-state index is -0.0691. The zero-order valence-corrected chi connectivity index (χ0v) is 15.6. The molecule has 1 aliphatic heterocycles. The van der Waals surface area contributed by atoms with Crippen molar-refractivity contribution < 1.29 is 14.5 Å². The number of halogens is 1. The lowest BCUT2D eigenvalue weighted by atomic mass is 10.2. The van der Waals surface area contributed by atoms with Crippen molar-refractivity contribution in [2.75, 3.05) is 49.2 Å². The van der Waals surface area contributed by atoms with Crippen molar-refractivity contribution in [2.24, 2.45) is 5.16 Å². The van der Waals surface area contributed by atoms with Crippen LogP contribution in [0.1, 0.15) is 5.56 Å². The monoisotopic (exact) mass is 390 g/mol. The summed E-state index contributed by atoms with van der Waals surface area (Å²) in [6.45, 7) is 2.55. The molecule has 0 spiro atoms. The zero-order chi connectivity index (χ0) is 19.2. The Balaban J connectivity index is 1.63. The van der Waals surface area contributed by atoms with Crippen molar-refractivity contribution in [2.45, 2.75) is 0 Å². The predicted octanol–water partition coefficient (Wildman–Crippen LogP) is 0.630. The molecule has 9 nitrogen and oxygen atoms in total. The van der Waals surface area contributed by atoms with E-state index in [1.807, 2.05) is 0 Å². The minimum Gasteiger partial charge on any atom is -0.399 e. The Morgan fingerprint density at radius 2 is 2.04 bits per heavy atom. The number of hydrogen-bond donors (Lipinski definition) is 3. The van der Waals surface area contributed by atoms with Crippen LogP contribution in [0.15, 0.2) is 35.7 Å². The molecule has 2 amide bonds. The molecule has 1 aromatic heterocycles. The van der Waals surface area contributed by atoms with Crippen LogP contribution in [-0.4, -0.2) is 55.5 Å². The Morgan fingerprint density at radius 3 is 2.70 bits per heavy atom. The number of piperazine rings is 1. The van der Waals surface area contributed by atoms with Crippen molar-refractivity contribution in [3.63, 3.8) is 0 Å². The highest BCUT2D eigenvalue weighted by molar-refractivity contribution is 6.30. The number of oxime groups is 1. The van der Waals surface area contributed by atoms with Crippen molar-refractivity contribution in [3.05, 3.63) is 41.2 Å². The quantitative estimate of drug-likeness (QED) is 0.521. The van der Waals surface area contributed by atoms with Gasteiger partial charge in [0.2, 0.25) is 0 Å². The summed E-state index contributed by atoms with van der Waals surface area (Å²) in [6, 6.07) is 6.97. The topological polar surface area (TPSA) is 110 Å². The van der Waals surface area contributed by atoms with Crippen LogP contribution < -0.4 is 20.9 Å². The van der Waals surface area contributed by atoms with Crippen molar-refractivity contribution in [3.8, 4) is 0 Å². The first-order valence-electron chi connectivity index (χ1n) is 8.42. The van der Waals surface area contributed by atoms with Crippen LogP contribution in [0.2, 0.25) is 5.02 Å². The molecule has 1 aromatic carbocycles. The number of anilines is 3. The van der Waals surface area contributed by atoms with Crippen LogP contribution in [-0.2, 0) is 4.84 Å². The van der Waals surface area contributed by atoms with Gasteiger partial charge in [0.15, 0.2) is 0 Å². The Labute approximate surface area is 161 Å². The number of rotatable bonds is 4. The summed E-state index contributed by atoms with van der Waals surface area (Å²) in [5, 5.41) is 7.30. The fraction of sp³-hybridized carbons (Fsp3) is 0.294. The van der Waals surface area contributed by atoms with Gasteiger partial charge in [0.1, 0.15) is 38.2 Å². The minimum absolute atomic E-state index is 0.0691. The van der Waals surface area contributed by atoms with E-state index in [0.29, 0.717) is 48.4 Å². The molecule has 2 aromatic rings. The number of urea groups is 1. The maximum Gasteiger partial charge on any atom is 0.419 e. The summed E-state index contributed by atoms with van der Waals surface area (Å²) in [4.78, 5) is 28.4. The molecule has 0 aliphatic carbocycles. The second kappa shape index (κ2) is 8.65. The molecule has 1 saturated heterocycles. The number of nitrogens with two attached hydrogens (primary N) is 1. The molecule has 2 heterocycles. The summed E-state index contributed by atoms with van der Waals surface area (Å²) in [5.41, 5.74) is 7.27. The van der Waals surface area contributed by atoms with Crippen LogP contribution in [0.4, 0.5) is 22.1 Å². The third kappa shape index (κ3) is 4.63. The lowest BCUT2D eigenvalue weighted by Crippen LogP contribution is -3.18. The summed E-state index contributed by atoms with van der Waals surface area (Å²) in [5.74, 6) is 1.01. The number of carbonyl (C=O) groups excluding carboxylic acids is 1. The average molecular weight is 391 g/mol. The van der Waals surface area contributed by atoms with Crippen LogP contribution in [0.3, 0.4) is 0 Å². The van der Waals surface area contributed by atoms with E-state index in [4.69, 9.17) is 22.2 Å². The second-order valence-corrected chi connectivity index (χ2v) is 6.40. The third-order valence-electron chi connectivity index (χ3n) is 4.27. The van der Waals surface area contributed by atoms with Gasteiger partial charge in [-0.25, -0.2) is 19.7 Å². The summed E-state index contributed by atoms with van der Waals surface area (Å²) in [7, 11) is 1.46. The van der Waals surface area contributed by atoms with E-state index in [1.54, 1.807) is 24.3 Å². The number of nitrogens with zero attached hydrogens (tertiary/aromatic N) is 4. The highest BCUT2D eigenvalue weighted by Crippen LogP contribution is 2.19. The van der Waals surface area contributed by atoms with Crippen LogP contribution in [0.5, 0.6) is 0 Å². The molecule has 1 fully saturated rings. The number of nitrogens with one attached hydrogen (secondary N) is 2. The Hall–Kier alpha value is -2.91. The van der Waals surface area contributed by atoms with E-state index in [9.17, 15) is 4.79 Å². The summed E-state index contributed by atoms with van der Waals surface area (Å²) < 4.78 is 0. The van der Waals surface area contributed by atoms with Crippen LogP contribution >= 0.6 is 11.6 Å². The smallest absolute Gasteiger partial charge is 0.399 e. The predicted molar refractivity (Wildman–Crippen MR) is 104 cm³/mol. The van der Waals surface area contributed by atoms with Crippen LogP contribution in [0.25, 0.3) is 0 Å². The van der Waals surface area contributed by atoms with Gasteiger partial charge in [0.25, 0.3) is 0 Å². The number of aromatic nitrogens is 2. The number of nitrogen functional groups attached to an aromatic ring is 1. The first-order chi connectivity index (χ1) is 13.1. The van der Waals surface area contributed by atoms with Gasteiger partial charge in [-0.2, -0.15) is 0 Å². The lowest BCUT2D eigenvalue weighted by Gasteiger charge is -2.32. The van der Waals surface area contributed by atoms with Crippen molar-refractivity contribution >= 4 is 41.2 Å². The number of hydrogen-bond acceptors (Lipinski definition) is 7. The first kappa shape index (κ1) is 18.9. The van der Waals surface area contributed by atoms with E-state index < -0.39 is 0 Å². The van der Waals surface area contributed by atoms with Gasteiger partial charge in [-0.3, -0.25) is 5.32 Å². The Morgan fingerprint density at radius 1 is 1.33 bits per heavy atom. The van der Waals surface area contributed by atoms with Crippen molar-refractivity contribution in [1.82, 2.24) is 9.97 Å². The lowest BCUT2D eigenvalue weighted by molar-refractivity contribution is -0.813. The summed E-state index contributed by atoms with van der Waals surface area (Å²) in [6.07, 6.45) is 2.92. The Kier molecular flexibility index (Phi) is 6.05. The molecular weight excluding hydrogens is 370 g/mol. The molecule has 27 heavy (non-hydrogen) atoms. The van der Waals surface area contributed by atoms with E-state index in [1.165, 1.54) is 19.7 Å². The van der Waals surface area contributed by atoms with Crippen molar-refractivity contribution in [1.29, 1.82) is 0 Å². The molecule has 0 saturated carbocycles. The van der Waals surface area contributed by atoms with E-state index in [0.717, 1.165) is 10.6 Å². The van der Waals surface area contributed by atoms with Gasteiger partial charge in [-0.15, -0.1) is 0 Å². The van der Waals surface area contributed by atoms with E-state index in [-0.39, 0.29) is 6.03 Å². The Bertz CT molecular complexity index is 821. The average Bonchev–Trinajstić information content (AvgIpc) is 2.69. The molecule has 0 bridgehead atoms. The number of carbonyl (C=O) groups is 1. The third-order valence-corrected chi connectivity index (χ3v) is 4.52. The largest absolute Gasteiger partial charge is 0.419 e. The number of amides is 2.